The van der Waals surface area contributed by atoms with E-state index in [0.29, 0.717) is 29.3 Å². The van der Waals surface area contributed by atoms with Crippen LogP contribution in [-0.2, 0) is 9.53 Å². The molecule has 0 fully saturated rings. The van der Waals surface area contributed by atoms with E-state index in [1.165, 1.54) is 4.90 Å². The van der Waals surface area contributed by atoms with Crippen molar-refractivity contribution in [2.45, 2.75) is 19.4 Å². The number of benzene rings is 1. The minimum atomic E-state index is -0.592. The highest BCUT2D eigenvalue weighted by molar-refractivity contribution is 6.31. The summed E-state index contributed by atoms with van der Waals surface area (Å²) in [5.74, 6) is -0.229. The monoisotopic (exact) mass is 292 g/mol. The molecule has 0 saturated carbocycles. The molecule has 0 aliphatic heterocycles. The highest BCUT2D eigenvalue weighted by Gasteiger charge is 2.21. The molecule has 4 nitrogen and oxygen atoms in total. The lowest BCUT2D eigenvalue weighted by Gasteiger charge is -2.22. The van der Waals surface area contributed by atoms with Gasteiger partial charge in [-0.15, -0.1) is 6.58 Å². The lowest BCUT2D eigenvalue weighted by atomic mass is 10.1. The van der Waals surface area contributed by atoms with Crippen LogP contribution in [0, 0.1) is 11.3 Å². The summed E-state index contributed by atoms with van der Waals surface area (Å²) in [4.78, 5) is 13.6. The van der Waals surface area contributed by atoms with Crippen LogP contribution >= 0.6 is 11.6 Å². The third kappa shape index (κ3) is 4.09. The van der Waals surface area contributed by atoms with E-state index in [4.69, 9.17) is 21.6 Å². The Balaban J connectivity index is 2.86. The molecule has 0 aliphatic rings. The number of nitrogens with zero attached hydrogens (tertiary/aromatic N) is 2. The fourth-order valence-electron chi connectivity index (χ4n) is 1.67. The van der Waals surface area contributed by atoms with E-state index >= 15 is 0 Å². The maximum atomic E-state index is 12.2. The second-order valence-electron chi connectivity index (χ2n) is 4.26. The number of carbonyl (C=O) groups excluding carboxylic acids is 1. The van der Waals surface area contributed by atoms with Crippen molar-refractivity contribution in [3.05, 3.63) is 41.4 Å². The van der Waals surface area contributed by atoms with Crippen molar-refractivity contribution in [2.75, 3.05) is 18.6 Å². The zero-order valence-electron chi connectivity index (χ0n) is 11.6. The van der Waals surface area contributed by atoms with Crippen molar-refractivity contribution in [1.29, 1.82) is 5.26 Å². The number of hydrogen-bond donors (Lipinski definition) is 0. The van der Waals surface area contributed by atoms with Gasteiger partial charge in [-0.1, -0.05) is 17.7 Å². The van der Waals surface area contributed by atoms with Crippen molar-refractivity contribution < 1.29 is 9.53 Å². The Labute approximate surface area is 124 Å². The molecule has 106 valence electrons. The maximum Gasteiger partial charge on any atom is 0.255 e. The standard InChI is InChI=1S/C15H17ClN2O2/c1-4-5-8-20-11(2)15(19)18(3)14-9-13(16)7-6-12(14)10-17/h4,6-7,9,11H,1,5,8H2,2-3H3. The summed E-state index contributed by atoms with van der Waals surface area (Å²) >= 11 is 5.91. The Morgan fingerprint density at radius 3 is 2.95 bits per heavy atom. The molecule has 1 atom stereocenters. The molecule has 0 heterocycles. The molecule has 1 rings (SSSR count). The van der Waals surface area contributed by atoms with Crippen molar-refractivity contribution >= 4 is 23.2 Å². The highest BCUT2D eigenvalue weighted by Crippen LogP contribution is 2.24. The first-order valence-electron chi connectivity index (χ1n) is 6.21. The number of likely N-dealkylation sites (N-methyl/N-ethyl adjacent to an activating group) is 1. The van der Waals surface area contributed by atoms with Gasteiger partial charge in [0.15, 0.2) is 0 Å². The van der Waals surface area contributed by atoms with E-state index in [-0.39, 0.29) is 5.91 Å². The molecule has 0 aromatic heterocycles. The van der Waals surface area contributed by atoms with Gasteiger partial charge in [0, 0.05) is 12.1 Å². The van der Waals surface area contributed by atoms with Crippen LogP contribution in [0.15, 0.2) is 30.9 Å². The molecule has 5 heteroatoms. The summed E-state index contributed by atoms with van der Waals surface area (Å²) in [6.07, 6.45) is 1.82. The third-order valence-electron chi connectivity index (χ3n) is 2.81. The summed E-state index contributed by atoms with van der Waals surface area (Å²) in [6, 6.07) is 6.84. The molecule has 1 amide bonds. The summed E-state index contributed by atoms with van der Waals surface area (Å²) in [7, 11) is 1.60. The molecule has 0 radical (unpaired) electrons. The number of amides is 1. The molecular weight excluding hydrogens is 276 g/mol. The topological polar surface area (TPSA) is 53.3 Å². The van der Waals surface area contributed by atoms with Gasteiger partial charge in [-0.25, -0.2) is 0 Å². The number of anilines is 1. The van der Waals surface area contributed by atoms with Crippen molar-refractivity contribution in [2.24, 2.45) is 0 Å². The van der Waals surface area contributed by atoms with E-state index in [1.54, 1.807) is 38.2 Å². The number of carbonyl (C=O) groups is 1. The normalized spacial score (nSPS) is 11.5. The number of hydrogen-bond acceptors (Lipinski definition) is 3. The molecular formula is C15H17ClN2O2. The average Bonchev–Trinajstić information content (AvgIpc) is 2.45. The van der Waals surface area contributed by atoms with Crippen LogP contribution in [0.1, 0.15) is 18.9 Å². The molecule has 1 aromatic rings. The molecule has 0 aliphatic carbocycles. The zero-order valence-corrected chi connectivity index (χ0v) is 12.4. The second-order valence-corrected chi connectivity index (χ2v) is 4.70. The molecule has 1 aromatic carbocycles. The molecule has 0 N–H and O–H groups in total. The minimum absolute atomic E-state index is 0.229. The van der Waals surface area contributed by atoms with E-state index in [0.717, 1.165) is 0 Å². The van der Waals surface area contributed by atoms with Gasteiger partial charge in [0.1, 0.15) is 12.2 Å². The Bertz CT molecular complexity index is 537. The largest absolute Gasteiger partial charge is 0.368 e. The van der Waals surface area contributed by atoms with Crippen LogP contribution in [-0.4, -0.2) is 25.7 Å². The van der Waals surface area contributed by atoms with E-state index in [1.807, 2.05) is 6.07 Å². The van der Waals surface area contributed by atoms with Gasteiger partial charge in [-0.05, 0) is 31.5 Å². The van der Waals surface area contributed by atoms with Crippen LogP contribution in [0.5, 0.6) is 0 Å². The molecule has 20 heavy (non-hydrogen) atoms. The summed E-state index contributed by atoms with van der Waals surface area (Å²) in [5.41, 5.74) is 0.868. The second kappa shape index (κ2) is 7.68. The van der Waals surface area contributed by atoms with Gasteiger partial charge in [0.25, 0.3) is 5.91 Å². The van der Waals surface area contributed by atoms with Gasteiger partial charge in [-0.2, -0.15) is 5.26 Å². The van der Waals surface area contributed by atoms with Crippen LogP contribution in [0.2, 0.25) is 5.02 Å². The van der Waals surface area contributed by atoms with Crippen molar-refractivity contribution in [1.82, 2.24) is 0 Å². The lowest BCUT2D eigenvalue weighted by molar-refractivity contribution is -0.128. The van der Waals surface area contributed by atoms with Crippen LogP contribution in [0.25, 0.3) is 0 Å². The Hall–Kier alpha value is -1.83. The van der Waals surface area contributed by atoms with Gasteiger partial charge >= 0.3 is 0 Å². The quantitative estimate of drug-likeness (QED) is 0.598. The average molecular weight is 293 g/mol. The fourth-order valence-corrected chi connectivity index (χ4v) is 1.83. The van der Waals surface area contributed by atoms with Crippen molar-refractivity contribution in [3.63, 3.8) is 0 Å². The first kappa shape index (κ1) is 16.2. The molecule has 0 saturated heterocycles. The van der Waals surface area contributed by atoms with Gasteiger partial charge in [0.2, 0.25) is 0 Å². The Morgan fingerprint density at radius 2 is 2.35 bits per heavy atom. The highest BCUT2D eigenvalue weighted by atomic mass is 35.5. The first-order chi connectivity index (χ1) is 9.51. The third-order valence-corrected chi connectivity index (χ3v) is 3.04. The number of nitriles is 1. The predicted molar refractivity (Wildman–Crippen MR) is 79.8 cm³/mol. The van der Waals surface area contributed by atoms with Gasteiger partial charge < -0.3 is 9.64 Å². The van der Waals surface area contributed by atoms with E-state index < -0.39 is 6.10 Å². The van der Waals surface area contributed by atoms with Crippen molar-refractivity contribution in [3.8, 4) is 6.07 Å². The summed E-state index contributed by atoms with van der Waals surface area (Å²) < 4.78 is 5.41. The van der Waals surface area contributed by atoms with Crippen LogP contribution in [0.3, 0.4) is 0 Å². The zero-order chi connectivity index (χ0) is 15.1. The van der Waals surface area contributed by atoms with Crippen LogP contribution in [0.4, 0.5) is 5.69 Å². The summed E-state index contributed by atoms with van der Waals surface area (Å²) in [6.45, 7) is 5.71. The maximum absolute atomic E-state index is 12.2. The Morgan fingerprint density at radius 1 is 1.65 bits per heavy atom. The number of rotatable bonds is 6. The van der Waals surface area contributed by atoms with E-state index in [2.05, 4.69) is 6.58 Å². The Kier molecular flexibility index (Phi) is 6.23. The van der Waals surface area contributed by atoms with E-state index in [9.17, 15) is 4.79 Å². The predicted octanol–water partition coefficient (Wildman–Crippen LogP) is 3.16. The lowest BCUT2D eigenvalue weighted by Crippen LogP contribution is -2.37. The molecule has 1 unspecified atom stereocenters. The number of ether oxygens (including phenoxy) is 1. The molecule has 0 spiro atoms. The number of halogens is 1. The van der Waals surface area contributed by atoms with Gasteiger partial charge in [0.05, 0.1) is 17.9 Å². The summed E-state index contributed by atoms with van der Waals surface area (Å²) in [5, 5.41) is 9.55. The smallest absolute Gasteiger partial charge is 0.255 e. The first-order valence-corrected chi connectivity index (χ1v) is 6.58. The molecule has 0 bridgehead atoms. The SMILES string of the molecule is C=CCCOC(C)C(=O)N(C)c1cc(Cl)ccc1C#N. The minimum Gasteiger partial charge on any atom is -0.368 e. The van der Waals surface area contributed by atoms with Crippen LogP contribution < -0.4 is 4.90 Å². The van der Waals surface area contributed by atoms with Gasteiger partial charge in [-0.3, -0.25) is 4.79 Å². The fraction of sp³-hybridized carbons (Fsp3) is 0.333.